The van der Waals surface area contributed by atoms with Crippen molar-refractivity contribution < 1.29 is 9.90 Å². The number of aromatic nitrogens is 2. The van der Waals surface area contributed by atoms with Gasteiger partial charge < -0.3 is 10.0 Å². The number of carbonyl (C=O) groups is 1. The van der Waals surface area contributed by atoms with Gasteiger partial charge in [0.05, 0.1) is 11.4 Å². The van der Waals surface area contributed by atoms with Crippen molar-refractivity contribution in [3.63, 3.8) is 0 Å². The fraction of sp³-hybridized carbons (Fsp3) is 0.375. The van der Waals surface area contributed by atoms with Crippen LogP contribution in [0.4, 0.5) is 0 Å². The first-order chi connectivity index (χ1) is 9.95. The van der Waals surface area contributed by atoms with Crippen LogP contribution in [0.1, 0.15) is 22.5 Å². The molecule has 1 heterocycles. The first kappa shape index (κ1) is 15.3. The zero-order valence-electron chi connectivity index (χ0n) is 12.9. The molecule has 0 saturated carbocycles. The number of aliphatic hydroxyl groups is 1. The third kappa shape index (κ3) is 2.97. The predicted molar refractivity (Wildman–Crippen MR) is 81.3 cm³/mol. The van der Waals surface area contributed by atoms with Gasteiger partial charge in [0.2, 0.25) is 5.91 Å². The van der Waals surface area contributed by atoms with Crippen LogP contribution >= 0.6 is 0 Å². The third-order valence-electron chi connectivity index (χ3n) is 3.74. The monoisotopic (exact) mass is 287 g/mol. The number of amides is 1. The molecule has 1 aromatic carbocycles. The van der Waals surface area contributed by atoms with Crippen LogP contribution in [0.25, 0.3) is 5.69 Å². The number of nitrogens with zero attached hydrogens (tertiary/aromatic N) is 3. The Morgan fingerprint density at radius 1 is 1.29 bits per heavy atom. The van der Waals surface area contributed by atoms with Crippen LogP contribution in [0.3, 0.4) is 0 Å². The van der Waals surface area contributed by atoms with Crippen LogP contribution in [0.15, 0.2) is 24.3 Å². The highest BCUT2D eigenvalue weighted by molar-refractivity contribution is 5.76. The molecule has 0 spiro atoms. The van der Waals surface area contributed by atoms with Gasteiger partial charge in [0.25, 0.3) is 0 Å². The van der Waals surface area contributed by atoms with E-state index in [-0.39, 0.29) is 5.91 Å². The second-order valence-corrected chi connectivity index (χ2v) is 5.26. The van der Waals surface area contributed by atoms with Gasteiger partial charge in [-0.3, -0.25) is 4.79 Å². The lowest BCUT2D eigenvalue weighted by Gasteiger charge is -2.16. The minimum atomic E-state index is -0.472. The molecule has 0 unspecified atom stereocenters. The molecule has 5 heteroatoms. The van der Waals surface area contributed by atoms with Crippen molar-refractivity contribution in [2.75, 3.05) is 13.7 Å². The predicted octanol–water partition coefficient (Wildman–Crippen LogP) is 1.75. The van der Waals surface area contributed by atoms with Crippen molar-refractivity contribution in [3.05, 3.63) is 46.8 Å². The van der Waals surface area contributed by atoms with Gasteiger partial charge in [0.1, 0.15) is 6.61 Å². The van der Waals surface area contributed by atoms with E-state index in [0.717, 1.165) is 28.2 Å². The number of aliphatic hydroxyl groups excluding tert-OH is 1. The molecule has 0 radical (unpaired) electrons. The molecule has 1 N–H and O–H groups in total. The molecule has 0 aliphatic carbocycles. The number of benzene rings is 1. The number of rotatable bonds is 4. The molecular weight excluding hydrogens is 266 g/mol. The normalized spacial score (nSPS) is 10.7. The minimum absolute atomic E-state index is 0.294. The summed E-state index contributed by atoms with van der Waals surface area (Å²) in [6.45, 7) is 5.96. The molecule has 1 amide bonds. The van der Waals surface area contributed by atoms with E-state index in [1.54, 1.807) is 7.05 Å². The Balaban J connectivity index is 2.39. The van der Waals surface area contributed by atoms with Crippen molar-refractivity contribution in [3.8, 4) is 5.69 Å². The van der Waals surface area contributed by atoms with Crippen molar-refractivity contribution in [1.29, 1.82) is 0 Å². The highest BCUT2D eigenvalue weighted by atomic mass is 16.3. The van der Waals surface area contributed by atoms with E-state index in [1.807, 2.05) is 49.7 Å². The van der Waals surface area contributed by atoms with E-state index < -0.39 is 6.61 Å². The lowest BCUT2D eigenvalue weighted by molar-refractivity contribution is -0.133. The topological polar surface area (TPSA) is 58.4 Å². The molecule has 0 aliphatic heterocycles. The maximum atomic E-state index is 11.5. The standard InChI is InChI=1S/C16H21N3O2/c1-11-7-5-6-8-15(11)19-13(3)14(12(2)17-19)9-18(4)16(21)10-20/h5-8,20H,9-10H2,1-4H3. The Morgan fingerprint density at radius 2 is 1.95 bits per heavy atom. The van der Waals surface area contributed by atoms with Gasteiger partial charge in [-0.1, -0.05) is 18.2 Å². The summed E-state index contributed by atoms with van der Waals surface area (Å²) in [4.78, 5) is 13.0. The molecule has 0 saturated heterocycles. The van der Waals surface area contributed by atoms with Crippen LogP contribution in [-0.4, -0.2) is 39.3 Å². The second kappa shape index (κ2) is 6.10. The van der Waals surface area contributed by atoms with E-state index >= 15 is 0 Å². The molecule has 2 aromatic rings. The first-order valence-electron chi connectivity index (χ1n) is 6.91. The number of likely N-dealkylation sites (N-methyl/N-ethyl adjacent to an activating group) is 1. The largest absolute Gasteiger partial charge is 0.387 e. The van der Waals surface area contributed by atoms with Crippen LogP contribution in [-0.2, 0) is 11.3 Å². The molecule has 112 valence electrons. The summed E-state index contributed by atoms with van der Waals surface area (Å²) in [5, 5.41) is 13.5. The van der Waals surface area contributed by atoms with Gasteiger partial charge in [-0.15, -0.1) is 0 Å². The summed E-state index contributed by atoms with van der Waals surface area (Å²) in [5.41, 5.74) is 5.12. The van der Waals surface area contributed by atoms with Crippen molar-refractivity contribution >= 4 is 5.91 Å². The fourth-order valence-electron chi connectivity index (χ4n) is 2.39. The Bertz CT molecular complexity index is 662. The number of carbonyl (C=O) groups excluding carboxylic acids is 1. The van der Waals surface area contributed by atoms with E-state index in [4.69, 9.17) is 5.11 Å². The molecule has 0 bridgehead atoms. The van der Waals surface area contributed by atoms with Crippen LogP contribution in [0.5, 0.6) is 0 Å². The Labute approximate surface area is 124 Å². The smallest absolute Gasteiger partial charge is 0.248 e. The van der Waals surface area contributed by atoms with Gasteiger partial charge in [-0.2, -0.15) is 5.10 Å². The highest BCUT2D eigenvalue weighted by Crippen LogP contribution is 2.21. The van der Waals surface area contributed by atoms with Gasteiger partial charge in [0, 0.05) is 24.8 Å². The first-order valence-corrected chi connectivity index (χ1v) is 6.91. The maximum absolute atomic E-state index is 11.5. The molecule has 0 fully saturated rings. The highest BCUT2D eigenvalue weighted by Gasteiger charge is 2.17. The summed E-state index contributed by atoms with van der Waals surface area (Å²) in [5.74, 6) is -0.294. The summed E-state index contributed by atoms with van der Waals surface area (Å²) in [6, 6.07) is 8.06. The van der Waals surface area contributed by atoms with E-state index in [9.17, 15) is 4.79 Å². The molecule has 5 nitrogen and oxygen atoms in total. The average Bonchev–Trinajstić information content (AvgIpc) is 2.74. The third-order valence-corrected chi connectivity index (χ3v) is 3.74. The van der Waals surface area contributed by atoms with Crippen LogP contribution in [0.2, 0.25) is 0 Å². The van der Waals surface area contributed by atoms with Crippen LogP contribution in [0, 0.1) is 20.8 Å². The van der Waals surface area contributed by atoms with Crippen molar-refractivity contribution in [1.82, 2.24) is 14.7 Å². The van der Waals surface area contributed by atoms with Gasteiger partial charge in [0.15, 0.2) is 0 Å². The molecule has 1 aromatic heterocycles. The Morgan fingerprint density at radius 3 is 2.57 bits per heavy atom. The quantitative estimate of drug-likeness (QED) is 0.932. The second-order valence-electron chi connectivity index (χ2n) is 5.26. The SMILES string of the molecule is Cc1ccccc1-n1nc(C)c(CN(C)C(=O)CO)c1C. The summed E-state index contributed by atoms with van der Waals surface area (Å²) < 4.78 is 1.91. The number of para-hydroxylation sites is 1. The van der Waals surface area contributed by atoms with Crippen LogP contribution < -0.4 is 0 Å². The summed E-state index contributed by atoms with van der Waals surface area (Å²) in [6.07, 6.45) is 0. The van der Waals surface area contributed by atoms with E-state index in [0.29, 0.717) is 6.54 Å². The number of aryl methyl sites for hydroxylation is 2. The summed E-state index contributed by atoms with van der Waals surface area (Å²) in [7, 11) is 1.68. The lowest BCUT2D eigenvalue weighted by atomic mass is 10.1. The average molecular weight is 287 g/mol. The molecule has 2 rings (SSSR count). The lowest BCUT2D eigenvalue weighted by Crippen LogP contribution is -2.29. The van der Waals surface area contributed by atoms with Gasteiger partial charge >= 0.3 is 0 Å². The number of hydrogen-bond donors (Lipinski definition) is 1. The van der Waals surface area contributed by atoms with E-state index in [1.165, 1.54) is 4.90 Å². The van der Waals surface area contributed by atoms with Crippen molar-refractivity contribution in [2.24, 2.45) is 0 Å². The number of hydrogen-bond acceptors (Lipinski definition) is 3. The van der Waals surface area contributed by atoms with E-state index in [2.05, 4.69) is 5.10 Å². The van der Waals surface area contributed by atoms with Gasteiger partial charge in [-0.25, -0.2) is 4.68 Å². The Hall–Kier alpha value is -2.14. The Kier molecular flexibility index (Phi) is 4.43. The molecular formula is C16H21N3O2. The maximum Gasteiger partial charge on any atom is 0.248 e. The molecule has 0 aliphatic rings. The minimum Gasteiger partial charge on any atom is -0.387 e. The summed E-state index contributed by atoms with van der Waals surface area (Å²) >= 11 is 0. The zero-order chi connectivity index (χ0) is 15.6. The fourth-order valence-corrected chi connectivity index (χ4v) is 2.39. The zero-order valence-corrected chi connectivity index (χ0v) is 12.9. The van der Waals surface area contributed by atoms with Crippen molar-refractivity contribution in [2.45, 2.75) is 27.3 Å². The molecule has 0 atom stereocenters. The molecule has 21 heavy (non-hydrogen) atoms. The van der Waals surface area contributed by atoms with Gasteiger partial charge in [-0.05, 0) is 32.4 Å².